The van der Waals surface area contributed by atoms with E-state index < -0.39 is 11.9 Å². The van der Waals surface area contributed by atoms with Crippen LogP contribution >= 0.6 is 0 Å². The Bertz CT molecular complexity index is 635. The second-order valence-corrected chi connectivity index (χ2v) is 9.27. The predicted octanol–water partition coefficient (Wildman–Crippen LogP) is 9.39. The fourth-order valence-electron chi connectivity index (χ4n) is 3.95. The number of carbonyl (C=O) groups is 2. The monoisotopic (exact) mass is 476 g/mol. The second kappa shape index (κ2) is 22.9. The molecular weight excluding hydrogens is 424 g/mol. The molecule has 0 aliphatic carbocycles. The first-order chi connectivity index (χ1) is 16.5. The van der Waals surface area contributed by atoms with Crippen molar-refractivity contribution in [1.29, 1.82) is 0 Å². The highest BCUT2D eigenvalue weighted by Gasteiger charge is 2.21. The van der Waals surface area contributed by atoms with Crippen molar-refractivity contribution >= 4 is 11.9 Å². The van der Waals surface area contributed by atoms with E-state index in [2.05, 4.69) is 27.7 Å². The predicted molar refractivity (Wildman–Crippen MR) is 144 cm³/mol. The summed E-state index contributed by atoms with van der Waals surface area (Å²) in [6, 6.07) is 5.15. The van der Waals surface area contributed by atoms with Crippen molar-refractivity contribution in [2.45, 2.75) is 137 Å². The van der Waals surface area contributed by atoms with Crippen LogP contribution in [0.5, 0.6) is 0 Å². The van der Waals surface area contributed by atoms with Gasteiger partial charge < -0.3 is 9.84 Å². The maximum Gasteiger partial charge on any atom is 0.339 e. The van der Waals surface area contributed by atoms with Crippen LogP contribution in [0, 0.1) is 0 Å². The number of hydrogen-bond acceptors (Lipinski definition) is 3. The van der Waals surface area contributed by atoms with Crippen LogP contribution in [0.25, 0.3) is 0 Å². The van der Waals surface area contributed by atoms with Gasteiger partial charge in [0.2, 0.25) is 0 Å². The molecule has 0 aliphatic rings. The SMILES string of the molecule is CCCCCC.CCCCCCCCOC(=O)c1cccc(CCCCCCCC)c1C(=O)O. The molecule has 0 saturated heterocycles. The first-order valence-corrected chi connectivity index (χ1v) is 14.1. The van der Waals surface area contributed by atoms with E-state index in [9.17, 15) is 14.7 Å². The Kier molecular flexibility index (Phi) is 21.7. The van der Waals surface area contributed by atoms with Gasteiger partial charge >= 0.3 is 11.9 Å². The molecule has 0 fully saturated rings. The lowest BCUT2D eigenvalue weighted by Crippen LogP contribution is -2.15. The maximum atomic E-state index is 12.4. The fourth-order valence-corrected chi connectivity index (χ4v) is 3.95. The largest absolute Gasteiger partial charge is 0.478 e. The molecule has 0 aliphatic heterocycles. The number of carbonyl (C=O) groups excluding carboxylic acids is 1. The van der Waals surface area contributed by atoms with Gasteiger partial charge in [0.1, 0.15) is 0 Å². The van der Waals surface area contributed by atoms with Crippen molar-refractivity contribution in [3.05, 3.63) is 34.9 Å². The first kappa shape index (κ1) is 32.2. The van der Waals surface area contributed by atoms with Gasteiger partial charge in [-0.1, -0.05) is 130 Å². The third kappa shape index (κ3) is 15.9. The minimum absolute atomic E-state index is 0.115. The van der Waals surface area contributed by atoms with Gasteiger partial charge in [-0.3, -0.25) is 0 Å². The number of esters is 1. The van der Waals surface area contributed by atoms with E-state index in [0.29, 0.717) is 13.0 Å². The number of rotatable bonds is 19. The summed E-state index contributed by atoms with van der Waals surface area (Å²) in [5.74, 6) is -1.57. The quantitative estimate of drug-likeness (QED) is 0.159. The average Bonchev–Trinajstić information content (AvgIpc) is 2.84. The zero-order chi connectivity index (χ0) is 25.4. The lowest BCUT2D eigenvalue weighted by molar-refractivity contribution is 0.0487. The molecule has 0 amide bonds. The zero-order valence-electron chi connectivity index (χ0n) is 22.6. The van der Waals surface area contributed by atoms with Crippen LogP contribution < -0.4 is 0 Å². The molecule has 34 heavy (non-hydrogen) atoms. The molecule has 196 valence electrons. The van der Waals surface area contributed by atoms with Crippen LogP contribution in [0.2, 0.25) is 0 Å². The molecule has 1 rings (SSSR count). The first-order valence-electron chi connectivity index (χ1n) is 14.1. The number of ether oxygens (including phenoxy) is 1. The van der Waals surface area contributed by atoms with Crippen molar-refractivity contribution in [2.24, 2.45) is 0 Å². The minimum Gasteiger partial charge on any atom is -0.478 e. The number of carboxylic acid groups (broad SMARTS) is 1. The number of benzene rings is 1. The van der Waals surface area contributed by atoms with Gasteiger partial charge in [-0.05, 0) is 30.9 Å². The second-order valence-electron chi connectivity index (χ2n) is 9.27. The summed E-state index contributed by atoms with van der Waals surface area (Å²) >= 11 is 0. The summed E-state index contributed by atoms with van der Waals surface area (Å²) in [4.78, 5) is 24.2. The van der Waals surface area contributed by atoms with Crippen LogP contribution in [0.3, 0.4) is 0 Å². The third-order valence-corrected chi connectivity index (χ3v) is 6.07. The normalized spacial score (nSPS) is 10.5. The molecule has 4 heteroatoms. The molecule has 1 N–H and O–H groups in total. The van der Waals surface area contributed by atoms with E-state index in [4.69, 9.17) is 4.74 Å². The highest BCUT2D eigenvalue weighted by atomic mass is 16.5. The van der Waals surface area contributed by atoms with E-state index in [1.165, 1.54) is 70.6 Å². The molecule has 0 unspecified atom stereocenters. The van der Waals surface area contributed by atoms with Crippen LogP contribution in [0.4, 0.5) is 0 Å². The van der Waals surface area contributed by atoms with E-state index in [1.807, 2.05) is 6.07 Å². The molecule has 0 heterocycles. The molecule has 0 atom stereocenters. The molecule has 0 radical (unpaired) electrons. The van der Waals surface area contributed by atoms with E-state index in [0.717, 1.165) is 37.7 Å². The molecule has 1 aromatic carbocycles. The van der Waals surface area contributed by atoms with Crippen molar-refractivity contribution in [3.63, 3.8) is 0 Å². The van der Waals surface area contributed by atoms with Crippen LogP contribution in [0.15, 0.2) is 18.2 Å². The Morgan fingerprint density at radius 2 is 1.15 bits per heavy atom. The number of aryl methyl sites for hydroxylation is 1. The number of carboxylic acids is 1. The van der Waals surface area contributed by atoms with Gasteiger partial charge in [-0.25, -0.2) is 9.59 Å². The molecule has 0 saturated carbocycles. The zero-order valence-corrected chi connectivity index (χ0v) is 22.6. The van der Waals surface area contributed by atoms with Crippen molar-refractivity contribution in [2.75, 3.05) is 6.61 Å². The molecule has 0 bridgehead atoms. The summed E-state index contributed by atoms with van der Waals surface area (Å²) < 4.78 is 5.35. The summed E-state index contributed by atoms with van der Waals surface area (Å²) in [5, 5.41) is 9.65. The minimum atomic E-state index is -1.05. The molecule has 0 aromatic heterocycles. The molecular formula is C30H52O4. The van der Waals surface area contributed by atoms with Crippen molar-refractivity contribution in [3.8, 4) is 0 Å². The van der Waals surface area contributed by atoms with Gasteiger partial charge in [0.05, 0.1) is 17.7 Å². The van der Waals surface area contributed by atoms with E-state index >= 15 is 0 Å². The van der Waals surface area contributed by atoms with Gasteiger partial charge in [-0.2, -0.15) is 0 Å². The standard InChI is InChI=1S/C24H38O4.C6H14/c1-3-5-7-9-11-13-16-20-17-15-18-21(22(20)23(25)26)24(27)28-19-14-12-10-8-6-4-2;1-3-5-6-4-2/h15,17-18H,3-14,16,19H2,1-2H3,(H,25,26);3-6H2,1-2H3. The van der Waals surface area contributed by atoms with Crippen molar-refractivity contribution < 1.29 is 19.4 Å². The highest BCUT2D eigenvalue weighted by molar-refractivity contribution is 6.03. The van der Waals surface area contributed by atoms with Crippen LogP contribution in [0.1, 0.15) is 157 Å². The summed E-state index contributed by atoms with van der Waals surface area (Å²) in [6.07, 6.45) is 19.8. The van der Waals surface area contributed by atoms with Gasteiger partial charge in [0.15, 0.2) is 0 Å². The van der Waals surface area contributed by atoms with Crippen LogP contribution in [-0.4, -0.2) is 23.7 Å². The number of hydrogen-bond donors (Lipinski definition) is 1. The maximum absolute atomic E-state index is 12.4. The Labute approximate surface area is 209 Å². The summed E-state index contributed by atoms with van der Waals surface area (Å²) in [7, 11) is 0. The lowest BCUT2D eigenvalue weighted by Gasteiger charge is -2.12. The Morgan fingerprint density at radius 1 is 0.676 bits per heavy atom. The fraction of sp³-hybridized carbons (Fsp3) is 0.733. The smallest absolute Gasteiger partial charge is 0.339 e. The molecule has 0 spiro atoms. The van der Waals surface area contributed by atoms with Gasteiger partial charge in [-0.15, -0.1) is 0 Å². The molecule has 4 nitrogen and oxygen atoms in total. The lowest BCUT2D eigenvalue weighted by atomic mass is 9.96. The number of unbranched alkanes of at least 4 members (excludes halogenated alkanes) is 13. The van der Waals surface area contributed by atoms with Gasteiger partial charge in [0, 0.05) is 0 Å². The van der Waals surface area contributed by atoms with E-state index in [-0.39, 0.29) is 11.1 Å². The third-order valence-electron chi connectivity index (χ3n) is 6.07. The Balaban J connectivity index is 0.00000160. The van der Waals surface area contributed by atoms with Crippen molar-refractivity contribution in [1.82, 2.24) is 0 Å². The van der Waals surface area contributed by atoms with Crippen LogP contribution in [-0.2, 0) is 11.2 Å². The van der Waals surface area contributed by atoms with Gasteiger partial charge in [0.25, 0.3) is 0 Å². The topological polar surface area (TPSA) is 63.6 Å². The average molecular weight is 477 g/mol. The summed E-state index contributed by atoms with van der Waals surface area (Å²) in [5.41, 5.74) is 1.03. The molecule has 1 aromatic rings. The highest BCUT2D eigenvalue weighted by Crippen LogP contribution is 2.20. The Hall–Kier alpha value is -1.84. The Morgan fingerprint density at radius 3 is 1.68 bits per heavy atom. The summed E-state index contributed by atoms with van der Waals surface area (Å²) in [6.45, 7) is 9.19. The number of aromatic carboxylic acids is 1. The van der Waals surface area contributed by atoms with E-state index in [1.54, 1.807) is 12.1 Å².